The predicted molar refractivity (Wildman–Crippen MR) is 174 cm³/mol. The summed E-state index contributed by atoms with van der Waals surface area (Å²) in [5.41, 5.74) is 8.64. The zero-order valence-electron chi connectivity index (χ0n) is 22.2. The molecular weight excluding hydrogens is 516 g/mol. The van der Waals surface area contributed by atoms with E-state index in [4.69, 9.17) is 9.97 Å². The zero-order valence-corrected chi connectivity index (χ0v) is 23.0. The summed E-state index contributed by atoms with van der Waals surface area (Å²) in [7, 11) is 0. The topological polar surface area (TPSA) is 25.8 Å². The van der Waals surface area contributed by atoms with Crippen molar-refractivity contribution in [1.82, 2.24) is 9.97 Å². The molecule has 0 N–H and O–H groups in total. The van der Waals surface area contributed by atoms with Gasteiger partial charge >= 0.3 is 0 Å². The first kappa shape index (κ1) is 23.7. The molecule has 0 aliphatic rings. The molecule has 0 saturated carbocycles. The van der Waals surface area contributed by atoms with E-state index in [1.54, 1.807) is 0 Å². The normalized spacial score (nSPS) is 11.4. The van der Waals surface area contributed by atoms with Crippen molar-refractivity contribution >= 4 is 42.4 Å². The van der Waals surface area contributed by atoms with E-state index in [1.165, 1.54) is 31.3 Å². The van der Waals surface area contributed by atoms with Crippen molar-refractivity contribution in [3.05, 3.63) is 146 Å². The number of para-hydroxylation sites is 1. The number of hydrogen-bond donors (Lipinski definition) is 0. The number of nitrogens with zero attached hydrogens (tertiary/aromatic N) is 2. The van der Waals surface area contributed by atoms with Crippen LogP contribution in [0, 0.1) is 0 Å². The minimum absolute atomic E-state index is 0.730. The number of thiophene rings is 1. The van der Waals surface area contributed by atoms with Gasteiger partial charge in [-0.05, 0) is 52.6 Å². The van der Waals surface area contributed by atoms with Crippen LogP contribution in [0.2, 0.25) is 0 Å². The highest BCUT2D eigenvalue weighted by molar-refractivity contribution is 7.25. The van der Waals surface area contributed by atoms with Crippen molar-refractivity contribution in [2.75, 3.05) is 0 Å². The molecule has 0 bridgehead atoms. The molecule has 2 nitrogen and oxygen atoms in total. The minimum atomic E-state index is 0.730. The monoisotopic (exact) mass is 540 g/mol. The smallest absolute Gasteiger partial charge is 0.161 e. The number of fused-ring (bicyclic) bond motifs is 4. The third-order valence-electron chi connectivity index (χ3n) is 7.71. The fourth-order valence-electron chi connectivity index (χ4n) is 5.70. The molecule has 3 heteroatoms. The summed E-state index contributed by atoms with van der Waals surface area (Å²) >= 11 is 1.83. The maximum Gasteiger partial charge on any atom is 0.161 e. The number of rotatable bonds is 4. The Bertz CT molecular complexity index is 2200. The summed E-state index contributed by atoms with van der Waals surface area (Å²) < 4.78 is 2.57. The Labute approximate surface area is 242 Å². The van der Waals surface area contributed by atoms with Crippen LogP contribution in [0.1, 0.15) is 0 Å². The van der Waals surface area contributed by atoms with Gasteiger partial charge in [0.05, 0.1) is 11.2 Å². The molecule has 0 spiro atoms. The van der Waals surface area contributed by atoms with E-state index in [0.29, 0.717) is 0 Å². The molecule has 0 saturated heterocycles. The Balaban J connectivity index is 1.35. The quantitative estimate of drug-likeness (QED) is 0.222. The van der Waals surface area contributed by atoms with Crippen molar-refractivity contribution in [3.8, 4) is 44.9 Å². The number of benzene rings is 6. The summed E-state index contributed by atoms with van der Waals surface area (Å²) in [5, 5.41) is 3.65. The van der Waals surface area contributed by atoms with Crippen LogP contribution < -0.4 is 0 Å². The van der Waals surface area contributed by atoms with Gasteiger partial charge < -0.3 is 0 Å². The van der Waals surface area contributed by atoms with Crippen LogP contribution in [0.4, 0.5) is 0 Å². The Hall–Kier alpha value is -5.12. The molecule has 2 heterocycles. The van der Waals surface area contributed by atoms with Crippen molar-refractivity contribution in [2.45, 2.75) is 0 Å². The minimum Gasteiger partial charge on any atom is -0.228 e. The van der Waals surface area contributed by atoms with Gasteiger partial charge in [0.15, 0.2) is 5.82 Å². The lowest BCUT2D eigenvalue weighted by Crippen LogP contribution is -1.97. The molecule has 0 atom stereocenters. The van der Waals surface area contributed by atoms with Crippen LogP contribution >= 0.6 is 11.3 Å². The van der Waals surface area contributed by atoms with Crippen LogP contribution in [-0.2, 0) is 0 Å². The average Bonchev–Trinajstić information content (AvgIpc) is 3.43. The predicted octanol–water partition coefficient (Wildman–Crippen LogP) is 10.7. The fourth-order valence-corrected chi connectivity index (χ4v) is 6.84. The maximum atomic E-state index is 5.28. The molecule has 192 valence electrons. The Kier molecular flexibility index (Phi) is 5.68. The Morgan fingerprint density at radius 1 is 0.390 bits per heavy atom. The van der Waals surface area contributed by atoms with E-state index in [-0.39, 0.29) is 0 Å². The second-order valence-corrected chi connectivity index (χ2v) is 11.3. The first-order chi connectivity index (χ1) is 20.3. The second-order valence-electron chi connectivity index (χ2n) is 10.2. The van der Waals surface area contributed by atoms with E-state index in [1.807, 2.05) is 11.3 Å². The molecule has 0 amide bonds. The third kappa shape index (κ3) is 4.19. The number of aromatic nitrogens is 2. The highest BCUT2D eigenvalue weighted by Gasteiger charge is 2.17. The van der Waals surface area contributed by atoms with Crippen LogP contribution in [0.15, 0.2) is 146 Å². The van der Waals surface area contributed by atoms with Gasteiger partial charge in [0.25, 0.3) is 0 Å². The molecule has 41 heavy (non-hydrogen) atoms. The summed E-state index contributed by atoms with van der Waals surface area (Å²) in [6, 6.07) is 51.4. The van der Waals surface area contributed by atoms with Crippen LogP contribution in [0.25, 0.3) is 76.0 Å². The van der Waals surface area contributed by atoms with E-state index in [0.717, 1.165) is 44.7 Å². The first-order valence-corrected chi connectivity index (χ1v) is 14.6. The molecule has 0 aliphatic heterocycles. The van der Waals surface area contributed by atoms with Crippen LogP contribution in [0.5, 0.6) is 0 Å². The molecule has 8 rings (SSSR count). The molecular formula is C38H24N2S. The van der Waals surface area contributed by atoms with E-state index >= 15 is 0 Å². The van der Waals surface area contributed by atoms with Gasteiger partial charge in [-0.15, -0.1) is 11.3 Å². The van der Waals surface area contributed by atoms with Crippen LogP contribution in [-0.4, -0.2) is 9.97 Å². The van der Waals surface area contributed by atoms with Gasteiger partial charge in [-0.1, -0.05) is 115 Å². The van der Waals surface area contributed by atoms with Crippen molar-refractivity contribution in [3.63, 3.8) is 0 Å². The van der Waals surface area contributed by atoms with E-state index < -0.39 is 0 Å². The highest BCUT2D eigenvalue weighted by Crippen LogP contribution is 2.39. The standard InChI is InChI=1S/C38H24N2S/c1-3-11-25(12-4-1)27-19-22-31(33(23-27)26-13-5-2-6-14-26)38-39-34-17-9-7-16-32(34)37(40-38)28-20-21-30-29-15-8-10-18-35(29)41-36(30)24-28/h1-24H. The Morgan fingerprint density at radius 2 is 1.05 bits per heavy atom. The van der Waals surface area contributed by atoms with Gasteiger partial charge in [-0.3, -0.25) is 0 Å². The van der Waals surface area contributed by atoms with E-state index in [9.17, 15) is 0 Å². The summed E-state index contributed by atoms with van der Waals surface area (Å²) in [6.45, 7) is 0. The fraction of sp³-hybridized carbons (Fsp3) is 0. The second kappa shape index (κ2) is 9.81. The lowest BCUT2D eigenvalue weighted by molar-refractivity contribution is 1.23. The molecule has 2 aromatic heterocycles. The summed E-state index contributed by atoms with van der Waals surface area (Å²) in [5.74, 6) is 0.730. The molecule has 0 radical (unpaired) electrons. The molecule has 0 unspecified atom stereocenters. The van der Waals surface area contributed by atoms with E-state index in [2.05, 4.69) is 146 Å². The SMILES string of the molecule is c1ccc(-c2ccc(-c3nc(-c4ccc5c(c4)sc4ccccc45)c4ccccc4n3)c(-c3ccccc3)c2)cc1. The lowest BCUT2D eigenvalue weighted by atomic mass is 9.94. The Morgan fingerprint density at radius 3 is 1.88 bits per heavy atom. The van der Waals surface area contributed by atoms with Gasteiger partial charge in [-0.2, -0.15) is 0 Å². The largest absolute Gasteiger partial charge is 0.228 e. The van der Waals surface area contributed by atoms with Crippen molar-refractivity contribution in [2.24, 2.45) is 0 Å². The van der Waals surface area contributed by atoms with Crippen LogP contribution in [0.3, 0.4) is 0 Å². The molecule has 0 fully saturated rings. The molecule has 0 aliphatic carbocycles. The third-order valence-corrected chi connectivity index (χ3v) is 8.84. The molecule has 8 aromatic rings. The van der Waals surface area contributed by atoms with Gasteiger partial charge in [-0.25, -0.2) is 9.97 Å². The summed E-state index contributed by atoms with van der Waals surface area (Å²) in [4.78, 5) is 10.4. The van der Waals surface area contributed by atoms with Gasteiger partial charge in [0.2, 0.25) is 0 Å². The van der Waals surface area contributed by atoms with Crippen molar-refractivity contribution in [1.29, 1.82) is 0 Å². The highest BCUT2D eigenvalue weighted by atomic mass is 32.1. The zero-order chi connectivity index (χ0) is 27.2. The van der Waals surface area contributed by atoms with Gasteiger partial charge in [0.1, 0.15) is 0 Å². The lowest BCUT2D eigenvalue weighted by Gasteiger charge is -2.14. The first-order valence-electron chi connectivity index (χ1n) is 13.8. The molecule has 6 aromatic carbocycles. The van der Waals surface area contributed by atoms with Crippen molar-refractivity contribution < 1.29 is 0 Å². The summed E-state index contributed by atoms with van der Waals surface area (Å²) in [6.07, 6.45) is 0. The maximum absolute atomic E-state index is 5.28. The number of hydrogen-bond acceptors (Lipinski definition) is 3. The van der Waals surface area contributed by atoms with Gasteiger partial charge in [0, 0.05) is 36.7 Å². The average molecular weight is 541 g/mol.